The Hall–Kier alpha value is -1.22. The van der Waals surface area contributed by atoms with Gasteiger partial charge in [0.05, 0.1) is 13.7 Å². The summed E-state index contributed by atoms with van der Waals surface area (Å²) in [6.07, 6.45) is 2.27. The summed E-state index contributed by atoms with van der Waals surface area (Å²) in [7, 11) is 1.69. The number of methoxy groups -OCH3 is 1. The van der Waals surface area contributed by atoms with Gasteiger partial charge in [-0.2, -0.15) is 0 Å². The fourth-order valence-corrected chi connectivity index (χ4v) is 1.95. The second-order valence-corrected chi connectivity index (χ2v) is 5.11. The van der Waals surface area contributed by atoms with Crippen molar-refractivity contribution < 1.29 is 9.47 Å². The predicted molar refractivity (Wildman–Crippen MR) is 79.9 cm³/mol. The fraction of sp³-hybridized carbons (Fsp3) is 0.625. The van der Waals surface area contributed by atoms with Crippen LogP contribution in [-0.4, -0.2) is 20.3 Å². The molecule has 1 rings (SSSR count). The van der Waals surface area contributed by atoms with Gasteiger partial charge in [-0.25, -0.2) is 0 Å². The second-order valence-electron chi connectivity index (χ2n) is 5.11. The molecule has 0 bridgehead atoms. The van der Waals surface area contributed by atoms with Crippen molar-refractivity contribution in [1.29, 1.82) is 0 Å². The number of rotatable bonds is 9. The van der Waals surface area contributed by atoms with Crippen molar-refractivity contribution in [2.45, 2.75) is 40.2 Å². The molecule has 108 valence electrons. The van der Waals surface area contributed by atoms with Crippen LogP contribution in [0.25, 0.3) is 0 Å². The summed E-state index contributed by atoms with van der Waals surface area (Å²) in [6, 6.07) is 6.04. The molecule has 1 aromatic rings. The minimum atomic E-state index is 0.725. The summed E-state index contributed by atoms with van der Waals surface area (Å²) >= 11 is 0. The van der Waals surface area contributed by atoms with Crippen molar-refractivity contribution in [3.8, 4) is 11.5 Å². The molecule has 0 amide bonds. The molecular formula is C16H27NO2. The summed E-state index contributed by atoms with van der Waals surface area (Å²) in [4.78, 5) is 0. The molecule has 1 N–H and O–H groups in total. The van der Waals surface area contributed by atoms with Crippen LogP contribution in [0, 0.1) is 5.92 Å². The van der Waals surface area contributed by atoms with Crippen LogP contribution in [-0.2, 0) is 6.54 Å². The van der Waals surface area contributed by atoms with Gasteiger partial charge in [0.25, 0.3) is 0 Å². The maximum atomic E-state index is 5.94. The van der Waals surface area contributed by atoms with Crippen molar-refractivity contribution in [1.82, 2.24) is 5.32 Å². The number of hydrogen-bond acceptors (Lipinski definition) is 3. The quantitative estimate of drug-likeness (QED) is 0.692. The van der Waals surface area contributed by atoms with Crippen molar-refractivity contribution in [3.05, 3.63) is 23.8 Å². The standard InChI is InChI=1S/C16H27NO2/c1-5-17-12-14-9-6-10-15(18-4)16(14)19-11-7-8-13(2)3/h6,9-10,13,17H,5,7-8,11-12H2,1-4H3. The van der Waals surface area contributed by atoms with Crippen molar-refractivity contribution in [2.24, 2.45) is 5.92 Å². The lowest BCUT2D eigenvalue weighted by Gasteiger charge is -2.15. The van der Waals surface area contributed by atoms with E-state index in [1.807, 2.05) is 12.1 Å². The minimum Gasteiger partial charge on any atom is -0.493 e. The van der Waals surface area contributed by atoms with Gasteiger partial charge in [0.15, 0.2) is 11.5 Å². The van der Waals surface area contributed by atoms with Gasteiger partial charge in [-0.05, 0) is 31.4 Å². The van der Waals surface area contributed by atoms with E-state index in [9.17, 15) is 0 Å². The Morgan fingerprint density at radius 2 is 2.05 bits per heavy atom. The Morgan fingerprint density at radius 3 is 2.68 bits per heavy atom. The zero-order valence-electron chi connectivity index (χ0n) is 12.7. The van der Waals surface area contributed by atoms with E-state index in [1.165, 1.54) is 6.42 Å². The molecule has 3 nitrogen and oxygen atoms in total. The molecule has 0 saturated carbocycles. The second kappa shape index (κ2) is 8.81. The summed E-state index contributed by atoms with van der Waals surface area (Å²) in [6.45, 7) is 9.08. The Balaban J connectivity index is 2.65. The lowest BCUT2D eigenvalue weighted by Crippen LogP contribution is -2.13. The summed E-state index contributed by atoms with van der Waals surface area (Å²) in [5.41, 5.74) is 1.16. The molecule has 0 aromatic heterocycles. The number of benzene rings is 1. The van der Waals surface area contributed by atoms with Crippen molar-refractivity contribution >= 4 is 0 Å². The van der Waals surface area contributed by atoms with E-state index in [2.05, 4.69) is 32.2 Å². The molecule has 0 spiro atoms. The highest BCUT2D eigenvalue weighted by molar-refractivity contribution is 5.46. The van der Waals surface area contributed by atoms with Gasteiger partial charge in [-0.1, -0.05) is 32.9 Å². The third kappa shape index (κ3) is 5.52. The number of para-hydroxylation sites is 1. The third-order valence-electron chi connectivity index (χ3n) is 3.02. The predicted octanol–water partition coefficient (Wildman–Crippen LogP) is 3.62. The summed E-state index contributed by atoms with van der Waals surface area (Å²) < 4.78 is 11.3. The van der Waals surface area contributed by atoms with Crippen LogP contribution in [0.15, 0.2) is 18.2 Å². The Labute approximate surface area is 117 Å². The molecule has 0 saturated heterocycles. The Kier molecular flexibility index (Phi) is 7.34. The van der Waals surface area contributed by atoms with Gasteiger partial charge in [0, 0.05) is 12.1 Å². The molecule has 0 radical (unpaired) electrons. The molecule has 0 atom stereocenters. The molecule has 19 heavy (non-hydrogen) atoms. The van der Waals surface area contributed by atoms with E-state index in [-0.39, 0.29) is 0 Å². The first-order valence-electron chi connectivity index (χ1n) is 7.18. The van der Waals surface area contributed by atoms with Gasteiger partial charge >= 0.3 is 0 Å². The van der Waals surface area contributed by atoms with Gasteiger partial charge in [0.2, 0.25) is 0 Å². The van der Waals surface area contributed by atoms with Gasteiger partial charge in [-0.15, -0.1) is 0 Å². The van der Waals surface area contributed by atoms with E-state index < -0.39 is 0 Å². The fourth-order valence-electron chi connectivity index (χ4n) is 1.95. The normalized spacial score (nSPS) is 10.8. The zero-order valence-corrected chi connectivity index (χ0v) is 12.7. The molecule has 0 unspecified atom stereocenters. The monoisotopic (exact) mass is 265 g/mol. The molecule has 0 aliphatic rings. The topological polar surface area (TPSA) is 30.5 Å². The first kappa shape index (κ1) is 15.8. The molecule has 1 aromatic carbocycles. The highest BCUT2D eigenvalue weighted by atomic mass is 16.5. The Bertz CT molecular complexity index is 364. The number of hydrogen-bond donors (Lipinski definition) is 1. The minimum absolute atomic E-state index is 0.725. The molecule has 0 heterocycles. The largest absolute Gasteiger partial charge is 0.493 e. The highest BCUT2D eigenvalue weighted by Crippen LogP contribution is 2.31. The van der Waals surface area contributed by atoms with Gasteiger partial charge in [-0.3, -0.25) is 0 Å². The zero-order chi connectivity index (χ0) is 14.1. The first-order chi connectivity index (χ1) is 9.19. The lowest BCUT2D eigenvalue weighted by molar-refractivity contribution is 0.276. The van der Waals surface area contributed by atoms with Crippen molar-refractivity contribution in [3.63, 3.8) is 0 Å². The maximum Gasteiger partial charge on any atom is 0.165 e. The highest BCUT2D eigenvalue weighted by Gasteiger charge is 2.10. The van der Waals surface area contributed by atoms with E-state index >= 15 is 0 Å². The number of ether oxygens (including phenoxy) is 2. The number of nitrogens with one attached hydrogen (secondary N) is 1. The Morgan fingerprint density at radius 1 is 1.26 bits per heavy atom. The third-order valence-corrected chi connectivity index (χ3v) is 3.02. The molecule has 0 fully saturated rings. The molecular weight excluding hydrogens is 238 g/mol. The average Bonchev–Trinajstić information content (AvgIpc) is 2.41. The van der Waals surface area contributed by atoms with Crippen LogP contribution in [0.2, 0.25) is 0 Å². The summed E-state index contributed by atoms with van der Waals surface area (Å²) in [5, 5.41) is 3.33. The molecule has 3 heteroatoms. The van der Waals surface area contributed by atoms with E-state index in [1.54, 1.807) is 7.11 Å². The SMILES string of the molecule is CCNCc1cccc(OC)c1OCCCC(C)C. The van der Waals surface area contributed by atoms with Crippen LogP contribution < -0.4 is 14.8 Å². The molecule has 0 aliphatic heterocycles. The van der Waals surface area contributed by atoms with Crippen LogP contribution >= 0.6 is 0 Å². The van der Waals surface area contributed by atoms with E-state index in [0.717, 1.165) is 49.1 Å². The van der Waals surface area contributed by atoms with E-state index in [4.69, 9.17) is 9.47 Å². The van der Waals surface area contributed by atoms with Gasteiger partial charge < -0.3 is 14.8 Å². The molecule has 0 aliphatic carbocycles. The maximum absolute atomic E-state index is 5.94. The summed E-state index contributed by atoms with van der Waals surface area (Å²) in [5.74, 6) is 2.43. The van der Waals surface area contributed by atoms with E-state index in [0.29, 0.717) is 0 Å². The lowest BCUT2D eigenvalue weighted by atomic mass is 10.1. The van der Waals surface area contributed by atoms with Gasteiger partial charge in [0.1, 0.15) is 0 Å². The average molecular weight is 265 g/mol. The van der Waals surface area contributed by atoms with Crippen LogP contribution in [0.1, 0.15) is 39.2 Å². The van der Waals surface area contributed by atoms with Crippen LogP contribution in [0.3, 0.4) is 0 Å². The van der Waals surface area contributed by atoms with Crippen LogP contribution in [0.4, 0.5) is 0 Å². The van der Waals surface area contributed by atoms with Crippen molar-refractivity contribution in [2.75, 3.05) is 20.3 Å². The van der Waals surface area contributed by atoms with Crippen LogP contribution in [0.5, 0.6) is 11.5 Å². The first-order valence-corrected chi connectivity index (χ1v) is 7.18. The smallest absolute Gasteiger partial charge is 0.165 e.